The molecule has 1 aliphatic carbocycles. The molecule has 0 N–H and O–H groups in total. The summed E-state index contributed by atoms with van der Waals surface area (Å²) in [7, 11) is 1.67. The monoisotopic (exact) mass is 201 g/mol. The summed E-state index contributed by atoms with van der Waals surface area (Å²) in [6.07, 6.45) is 7.79. The van der Waals surface area contributed by atoms with Crippen LogP contribution in [0.1, 0.15) is 19.3 Å². The van der Waals surface area contributed by atoms with Gasteiger partial charge in [-0.15, -0.1) is 0 Å². The number of hydrogen-bond donors (Lipinski definition) is 0. The molecule has 0 saturated carbocycles. The lowest BCUT2D eigenvalue weighted by Crippen LogP contribution is -1.97. The van der Waals surface area contributed by atoms with Gasteiger partial charge in [0.15, 0.2) is 0 Å². The first kappa shape index (κ1) is 9.97. The molecule has 0 aliphatic heterocycles. The summed E-state index contributed by atoms with van der Waals surface area (Å²) in [4.78, 5) is 4.57. The van der Waals surface area contributed by atoms with Gasteiger partial charge in [0.1, 0.15) is 5.75 Å². The van der Waals surface area contributed by atoms with Crippen molar-refractivity contribution in [2.75, 3.05) is 7.11 Å². The molecule has 1 aromatic rings. The highest BCUT2D eigenvalue weighted by molar-refractivity contribution is 5.97. The molecule has 0 atom stereocenters. The fraction of sp³-hybridized carbons (Fsp3) is 0.308. The quantitative estimate of drug-likeness (QED) is 0.717. The van der Waals surface area contributed by atoms with Crippen LogP contribution in [0.2, 0.25) is 0 Å². The number of ether oxygens (including phenoxy) is 1. The fourth-order valence-electron chi connectivity index (χ4n) is 1.62. The highest BCUT2D eigenvalue weighted by atomic mass is 16.5. The summed E-state index contributed by atoms with van der Waals surface area (Å²) in [6, 6.07) is 7.83. The summed E-state index contributed by atoms with van der Waals surface area (Å²) < 4.78 is 5.10. The third kappa shape index (κ3) is 2.69. The first-order chi connectivity index (χ1) is 7.38. The van der Waals surface area contributed by atoms with Gasteiger partial charge in [-0.1, -0.05) is 6.08 Å². The molecule has 0 heterocycles. The number of hydrogen-bond acceptors (Lipinski definition) is 2. The van der Waals surface area contributed by atoms with E-state index in [1.807, 2.05) is 24.3 Å². The Balaban J connectivity index is 2.15. The molecule has 1 aromatic carbocycles. The molecule has 0 aromatic heterocycles. The van der Waals surface area contributed by atoms with Gasteiger partial charge in [0.25, 0.3) is 0 Å². The minimum absolute atomic E-state index is 0.873. The molecule has 2 rings (SSSR count). The van der Waals surface area contributed by atoms with E-state index >= 15 is 0 Å². The first-order valence-electron chi connectivity index (χ1n) is 5.26. The van der Waals surface area contributed by atoms with Gasteiger partial charge in [-0.25, -0.2) is 0 Å². The molecular weight excluding hydrogens is 186 g/mol. The number of aliphatic imine (C=N–C) groups is 1. The van der Waals surface area contributed by atoms with Crippen LogP contribution in [0.15, 0.2) is 41.4 Å². The zero-order valence-electron chi connectivity index (χ0n) is 8.94. The number of nitrogens with zero attached hydrogens (tertiary/aromatic N) is 1. The molecule has 0 fully saturated rings. The zero-order chi connectivity index (χ0) is 10.5. The average Bonchev–Trinajstić information content (AvgIpc) is 2.31. The normalized spacial score (nSPS) is 18.1. The zero-order valence-corrected chi connectivity index (χ0v) is 8.94. The Labute approximate surface area is 90.3 Å². The predicted octanol–water partition coefficient (Wildman–Crippen LogP) is 3.51. The molecule has 15 heavy (non-hydrogen) atoms. The maximum atomic E-state index is 5.10. The second-order valence-electron chi connectivity index (χ2n) is 3.60. The Hall–Kier alpha value is -1.57. The smallest absolute Gasteiger partial charge is 0.119 e. The highest BCUT2D eigenvalue weighted by Gasteiger charge is 2.00. The van der Waals surface area contributed by atoms with Crippen LogP contribution in [-0.4, -0.2) is 12.8 Å². The van der Waals surface area contributed by atoms with Crippen LogP contribution in [0.5, 0.6) is 5.75 Å². The van der Waals surface area contributed by atoms with E-state index in [1.54, 1.807) is 7.11 Å². The molecule has 0 spiro atoms. The summed E-state index contributed by atoms with van der Waals surface area (Å²) in [6.45, 7) is 0. The van der Waals surface area contributed by atoms with Gasteiger partial charge in [-0.3, -0.25) is 4.99 Å². The van der Waals surface area contributed by atoms with Crippen molar-refractivity contribution in [3.8, 4) is 5.75 Å². The molecule has 0 bridgehead atoms. The van der Waals surface area contributed by atoms with Gasteiger partial charge >= 0.3 is 0 Å². The number of rotatable bonds is 2. The van der Waals surface area contributed by atoms with Gasteiger partial charge < -0.3 is 4.74 Å². The molecule has 1 aliphatic rings. The van der Waals surface area contributed by atoms with Crippen molar-refractivity contribution in [3.63, 3.8) is 0 Å². The second-order valence-corrected chi connectivity index (χ2v) is 3.60. The van der Waals surface area contributed by atoms with Gasteiger partial charge in [0, 0.05) is 5.71 Å². The van der Waals surface area contributed by atoms with Crippen LogP contribution in [0, 0.1) is 0 Å². The average molecular weight is 201 g/mol. The SMILES string of the molecule is COc1ccc(N=C2C=CCCC2)cc1. The van der Waals surface area contributed by atoms with E-state index in [0.29, 0.717) is 0 Å². The molecule has 0 radical (unpaired) electrons. The molecule has 2 heteroatoms. The summed E-state index contributed by atoms with van der Waals surface area (Å²) >= 11 is 0. The summed E-state index contributed by atoms with van der Waals surface area (Å²) in [5.41, 5.74) is 2.17. The van der Waals surface area contributed by atoms with E-state index in [1.165, 1.54) is 18.6 Å². The largest absolute Gasteiger partial charge is 0.497 e. The van der Waals surface area contributed by atoms with Crippen molar-refractivity contribution in [1.82, 2.24) is 0 Å². The van der Waals surface area contributed by atoms with Crippen molar-refractivity contribution in [1.29, 1.82) is 0 Å². The van der Waals surface area contributed by atoms with Crippen LogP contribution < -0.4 is 4.74 Å². The number of methoxy groups -OCH3 is 1. The standard InChI is InChI=1S/C13H15NO/c1-15-13-9-7-12(8-10-13)14-11-5-3-2-4-6-11/h3,5,7-10H,2,4,6H2,1H3. The van der Waals surface area contributed by atoms with Crippen LogP contribution >= 0.6 is 0 Å². The predicted molar refractivity (Wildman–Crippen MR) is 63.1 cm³/mol. The summed E-state index contributed by atoms with van der Waals surface area (Å²) in [5.74, 6) is 0.873. The number of allylic oxidation sites excluding steroid dienone is 2. The summed E-state index contributed by atoms with van der Waals surface area (Å²) in [5, 5.41) is 0. The molecule has 0 saturated heterocycles. The lowest BCUT2D eigenvalue weighted by molar-refractivity contribution is 0.415. The Morgan fingerprint density at radius 1 is 1.20 bits per heavy atom. The molecule has 78 valence electrons. The minimum Gasteiger partial charge on any atom is -0.497 e. The van der Waals surface area contributed by atoms with E-state index in [9.17, 15) is 0 Å². The third-order valence-electron chi connectivity index (χ3n) is 2.46. The lowest BCUT2D eigenvalue weighted by Gasteiger charge is -2.06. The maximum absolute atomic E-state index is 5.10. The highest BCUT2D eigenvalue weighted by Crippen LogP contribution is 2.19. The van der Waals surface area contributed by atoms with Crippen LogP contribution in [0.3, 0.4) is 0 Å². The van der Waals surface area contributed by atoms with E-state index in [-0.39, 0.29) is 0 Å². The molecule has 0 amide bonds. The Morgan fingerprint density at radius 2 is 2.00 bits per heavy atom. The van der Waals surface area contributed by atoms with Crippen molar-refractivity contribution in [3.05, 3.63) is 36.4 Å². The van der Waals surface area contributed by atoms with Gasteiger partial charge in [0.05, 0.1) is 12.8 Å². The molecular formula is C13H15NO. The Kier molecular flexibility index (Phi) is 3.18. The van der Waals surface area contributed by atoms with Crippen LogP contribution in [0.4, 0.5) is 5.69 Å². The first-order valence-corrected chi connectivity index (χ1v) is 5.26. The van der Waals surface area contributed by atoms with E-state index in [4.69, 9.17) is 4.74 Å². The van der Waals surface area contributed by atoms with E-state index < -0.39 is 0 Å². The van der Waals surface area contributed by atoms with E-state index in [0.717, 1.165) is 17.9 Å². The Bertz CT molecular complexity index is 376. The molecule has 2 nitrogen and oxygen atoms in total. The van der Waals surface area contributed by atoms with Gasteiger partial charge in [-0.2, -0.15) is 0 Å². The Morgan fingerprint density at radius 3 is 2.60 bits per heavy atom. The van der Waals surface area contributed by atoms with Crippen LogP contribution in [-0.2, 0) is 0 Å². The van der Waals surface area contributed by atoms with E-state index in [2.05, 4.69) is 17.1 Å². The van der Waals surface area contributed by atoms with Crippen molar-refractivity contribution in [2.24, 2.45) is 4.99 Å². The van der Waals surface area contributed by atoms with Crippen molar-refractivity contribution in [2.45, 2.75) is 19.3 Å². The lowest BCUT2D eigenvalue weighted by atomic mass is 10.1. The number of benzene rings is 1. The van der Waals surface area contributed by atoms with Crippen molar-refractivity contribution < 1.29 is 4.74 Å². The minimum atomic E-state index is 0.873. The topological polar surface area (TPSA) is 21.6 Å². The second kappa shape index (κ2) is 4.78. The molecule has 0 unspecified atom stereocenters. The van der Waals surface area contributed by atoms with Crippen LogP contribution in [0.25, 0.3) is 0 Å². The third-order valence-corrected chi connectivity index (χ3v) is 2.46. The van der Waals surface area contributed by atoms with Gasteiger partial charge in [-0.05, 0) is 49.6 Å². The maximum Gasteiger partial charge on any atom is 0.119 e. The van der Waals surface area contributed by atoms with Gasteiger partial charge in [0.2, 0.25) is 0 Å². The fourth-order valence-corrected chi connectivity index (χ4v) is 1.62. The van der Waals surface area contributed by atoms with Crippen molar-refractivity contribution >= 4 is 11.4 Å².